The Labute approximate surface area is 153 Å². The minimum Gasteiger partial charge on any atom is -0.494 e. The van der Waals surface area contributed by atoms with Crippen molar-refractivity contribution in [1.82, 2.24) is 19.8 Å². The lowest BCUT2D eigenvalue weighted by atomic mass is 10.1. The zero-order valence-corrected chi connectivity index (χ0v) is 14.9. The molecule has 0 saturated carbocycles. The molecular weight excluding hydrogens is 356 g/mol. The molecule has 1 saturated heterocycles. The molecule has 3 N–H and O–H groups in total. The molecule has 27 heavy (non-hydrogen) atoms. The van der Waals surface area contributed by atoms with E-state index in [4.69, 9.17) is 0 Å². The van der Waals surface area contributed by atoms with E-state index < -0.39 is 35.0 Å². The van der Waals surface area contributed by atoms with E-state index in [0.717, 1.165) is 9.47 Å². The number of carbonyl (C=O) groups excluding carboxylic acids is 3. The second kappa shape index (κ2) is 7.68. The summed E-state index contributed by atoms with van der Waals surface area (Å²) in [6.07, 6.45) is 6.07. The van der Waals surface area contributed by atoms with Crippen molar-refractivity contribution >= 4 is 23.9 Å². The SMILES string of the molecule is CCC(C=Cc1c(O)n(C)c(=O)[nH]c1=O)=CC=C1C(=O)NC(=O)N(C)C1=O. The van der Waals surface area contributed by atoms with Gasteiger partial charge in [0.15, 0.2) is 0 Å². The fourth-order valence-corrected chi connectivity index (χ4v) is 2.21. The molecular formula is C17H18N4O6. The third-order valence-electron chi connectivity index (χ3n) is 3.97. The molecule has 1 aliphatic heterocycles. The van der Waals surface area contributed by atoms with Gasteiger partial charge in [-0.1, -0.05) is 19.1 Å². The second-order valence-corrected chi connectivity index (χ2v) is 5.69. The first kappa shape index (κ1) is 19.6. The zero-order valence-electron chi connectivity index (χ0n) is 14.9. The number of rotatable bonds is 4. The van der Waals surface area contributed by atoms with Gasteiger partial charge >= 0.3 is 11.7 Å². The Balaban J connectivity index is 2.37. The zero-order chi connectivity index (χ0) is 20.3. The Kier molecular flexibility index (Phi) is 5.59. The number of carbonyl (C=O) groups is 3. The van der Waals surface area contributed by atoms with Crippen LogP contribution in [0.2, 0.25) is 0 Å². The topological polar surface area (TPSA) is 142 Å². The van der Waals surface area contributed by atoms with Crippen LogP contribution in [0.1, 0.15) is 18.9 Å². The summed E-state index contributed by atoms with van der Waals surface area (Å²) in [4.78, 5) is 61.2. The fourth-order valence-electron chi connectivity index (χ4n) is 2.21. The number of nitrogens with one attached hydrogen (secondary N) is 2. The summed E-state index contributed by atoms with van der Waals surface area (Å²) in [7, 11) is 2.55. The summed E-state index contributed by atoms with van der Waals surface area (Å²) < 4.78 is 0.885. The van der Waals surface area contributed by atoms with Crippen molar-refractivity contribution in [2.75, 3.05) is 7.05 Å². The maximum absolute atomic E-state index is 12.0. The number of nitrogens with zero attached hydrogens (tertiary/aromatic N) is 2. The molecule has 0 aliphatic carbocycles. The number of aromatic hydroxyl groups is 1. The standard InChI is InChI=1S/C17H18N4O6/c1-4-9(5-7-10-12(22)18-16(26)20(2)14(10)24)6-8-11-13(23)19-17(27)21(3)15(11)25/h5-8,24H,4H2,1-3H3,(H,18,22,26)(H,19,23,27). The smallest absolute Gasteiger partial charge is 0.331 e. The molecule has 0 atom stereocenters. The van der Waals surface area contributed by atoms with Gasteiger partial charge in [0.1, 0.15) is 11.1 Å². The minimum absolute atomic E-state index is 0.110. The maximum atomic E-state index is 12.0. The number of amides is 4. The summed E-state index contributed by atoms with van der Waals surface area (Å²) in [6.45, 7) is 1.80. The van der Waals surface area contributed by atoms with E-state index in [0.29, 0.717) is 12.0 Å². The minimum atomic E-state index is -0.800. The van der Waals surface area contributed by atoms with E-state index in [-0.39, 0.29) is 11.1 Å². The summed E-state index contributed by atoms with van der Waals surface area (Å²) in [6, 6.07) is -0.800. The average molecular weight is 374 g/mol. The molecule has 1 fully saturated rings. The molecule has 2 rings (SSSR count). The van der Waals surface area contributed by atoms with E-state index in [9.17, 15) is 29.1 Å². The van der Waals surface area contributed by atoms with E-state index in [1.165, 1.54) is 38.4 Å². The lowest BCUT2D eigenvalue weighted by Gasteiger charge is -2.21. The quantitative estimate of drug-likeness (QED) is 0.377. The van der Waals surface area contributed by atoms with Gasteiger partial charge in [-0.2, -0.15) is 0 Å². The number of hydrogen-bond acceptors (Lipinski definition) is 6. The summed E-state index contributed by atoms with van der Waals surface area (Å²) in [5.74, 6) is -2.02. The molecule has 0 radical (unpaired) electrons. The van der Waals surface area contributed by atoms with Gasteiger partial charge in [-0.3, -0.25) is 34.2 Å². The van der Waals surface area contributed by atoms with Crippen molar-refractivity contribution in [3.8, 4) is 5.88 Å². The molecule has 1 aromatic rings. The number of aromatic nitrogens is 2. The summed E-state index contributed by atoms with van der Waals surface area (Å²) in [5, 5.41) is 12.0. The number of hydrogen-bond donors (Lipinski definition) is 3. The Morgan fingerprint density at radius 1 is 1.15 bits per heavy atom. The van der Waals surface area contributed by atoms with Crippen molar-refractivity contribution < 1.29 is 19.5 Å². The highest BCUT2D eigenvalue weighted by Gasteiger charge is 2.32. The second-order valence-electron chi connectivity index (χ2n) is 5.69. The van der Waals surface area contributed by atoms with Crippen molar-refractivity contribution in [3.63, 3.8) is 0 Å². The van der Waals surface area contributed by atoms with Crippen LogP contribution >= 0.6 is 0 Å². The van der Waals surface area contributed by atoms with Crippen molar-refractivity contribution in [3.05, 3.63) is 55.8 Å². The van der Waals surface area contributed by atoms with Crippen LogP contribution < -0.4 is 16.6 Å². The van der Waals surface area contributed by atoms with Gasteiger partial charge in [-0.25, -0.2) is 9.59 Å². The van der Waals surface area contributed by atoms with Crippen LogP contribution in [0, 0.1) is 0 Å². The lowest BCUT2D eigenvalue weighted by Crippen LogP contribution is -2.52. The van der Waals surface area contributed by atoms with Crippen molar-refractivity contribution in [1.29, 1.82) is 0 Å². The van der Waals surface area contributed by atoms with E-state index in [1.807, 2.05) is 5.32 Å². The van der Waals surface area contributed by atoms with Crippen LogP contribution in [-0.2, 0) is 16.6 Å². The van der Waals surface area contributed by atoms with E-state index in [2.05, 4.69) is 4.98 Å². The van der Waals surface area contributed by atoms with Gasteiger partial charge in [0, 0.05) is 14.1 Å². The van der Waals surface area contributed by atoms with Crippen LogP contribution in [0.4, 0.5) is 4.79 Å². The first-order valence-corrected chi connectivity index (χ1v) is 7.92. The molecule has 10 nitrogen and oxygen atoms in total. The molecule has 1 aromatic heterocycles. The van der Waals surface area contributed by atoms with E-state index >= 15 is 0 Å². The van der Waals surface area contributed by atoms with Gasteiger partial charge in [0.2, 0.25) is 5.88 Å². The van der Waals surface area contributed by atoms with Crippen molar-refractivity contribution in [2.24, 2.45) is 7.05 Å². The maximum Gasteiger partial charge on any atom is 0.331 e. The first-order valence-electron chi connectivity index (χ1n) is 7.92. The highest BCUT2D eigenvalue weighted by atomic mass is 16.3. The Hall–Kier alpha value is -3.69. The molecule has 4 amide bonds. The molecule has 0 unspecified atom stereocenters. The molecule has 10 heteroatoms. The van der Waals surface area contributed by atoms with Gasteiger partial charge in [0.05, 0.1) is 0 Å². The molecule has 2 heterocycles. The number of H-pyrrole nitrogens is 1. The number of aromatic amines is 1. The van der Waals surface area contributed by atoms with Gasteiger partial charge in [-0.05, 0) is 24.1 Å². The van der Waals surface area contributed by atoms with Gasteiger partial charge in [0.25, 0.3) is 17.4 Å². The summed E-state index contributed by atoms with van der Waals surface area (Å²) >= 11 is 0. The number of allylic oxidation sites excluding steroid dienone is 4. The molecule has 0 aromatic carbocycles. The summed E-state index contributed by atoms with van der Waals surface area (Å²) in [5.41, 5.74) is -1.19. The van der Waals surface area contributed by atoms with Gasteiger partial charge in [-0.15, -0.1) is 0 Å². The first-order chi connectivity index (χ1) is 12.7. The van der Waals surface area contributed by atoms with Crippen LogP contribution in [0.25, 0.3) is 6.08 Å². The highest BCUT2D eigenvalue weighted by Crippen LogP contribution is 2.14. The van der Waals surface area contributed by atoms with Crippen molar-refractivity contribution in [2.45, 2.75) is 13.3 Å². The third kappa shape index (κ3) is 3.94. The highest BCUT2D eigenvalue weighted by molar-refractivity contribution is 6.28. The van der Waals surface area contributed by atoms with Crippen LogP contribution in [-0.4, -0.2) is 44.5 Å². The lowest BCUT2D eigenvalue weighted by molar-refractivity contribution is -0.129. The molecule has 142 valence electrons. The Morgan fingerprint density at radius 3 is 2.44 bits per heavy atom. The molecule has 1 aliphatic rings. The molecule has 0 spiro atoms. The van der Waals surface area contributed by atoms with Crippen LogP contribution in [0.3, 0.4) is 0 Å². The largest absolute Gasteiger partial charge is 0.494 e. The predicted molar refractivity (Wildman–Crippen MR) is 95.8 cm³/mol. The Bertz CT molecular complexity index is 1020. The Morgan fingerprint density at radius 2 is 1.81 bits per heavy atom. The number of likely N-dealkylation sites (N-methyl/N-ethyl adjacent to an activating group) is 1. The normalized spacial score (nSPS) is 17.1. The third-order valence-corrected chi connectivity index (χ3v) is 3.97. The predicted octanol–water partition coefficient (Wildman–Crippen LogP) is -0.237. The van der Waals surface area contributed by atoms with Crippen LogP contribution in [0.5, 0.6) is 5.88 Å². The van der Waals surface area contributed by atoms with Gasteiger partial charge < -0.3 is 5.11 Å². The van der Waals surface area contributed by atoms with E-state index in [1.54, 1.807) is 6.92 Å². The monoisotopic (exact) mass is 374 g/mol. The number of barbiturate groups is 1. The fraction of sp³-hybridized carbons (Fsp3) is 0.235. The average Bonchev–Trinajstić information content (AvgIpc) is 2.62. The number of urea groups is 1. The molecule has 0 bridgehead atoms. The number of imide groups is 2. The van der Waals surface area contributed by atoms with Crippen LogP contribution in [0.15, 0.2) is 39.0 Å².